The maximum absolute atomic E-state index is 12.3. The molecule has 0 amide bonds. The van der Waals surface area contributed by atoms with Gasteiger partial charge in [0.15, 0.2) is 5.82 Å². The van der Waals surface area contributed by atoms with Crippen molar-refractivity contribution < 1.29 is 9.53 Å². The van der Waals surface area contributed by atoms with Crippen LogP contribution < -0.4 is 4.90 Å². The molecule has 0 N–H and O–H groups in total. The largest absolute Gasteiger partial charge is 0.462 e. The Balaban J connectivity index is 2.03. The van der Waals surface area contributed by atoms with Crippen molar-refractivity contribution in [1.82, 2.24) is 9.97 Å². The molecule has 122 valence electrons. The van der Waals surface area contributed by atoms with Gasteiger partial charge in [-0.15, -0.1) is 11.3 Å². The normalized spacial score (nSPS) is 18.0. The van der Waals surface area contributed by atoms with Crippen LogP contribution in [0.5, 0.6) is 0 Å². The van der Waals surface area contributed by atoms with Crippen molar-refractivity contribution in [3.63, 3.8) is 0 Å². The van der Waals surface area contributed by atoms with Gasteiger partial charge in [0.05, 0.1) is 11.5 Å². The molecule has 0 aliphatic carbocycles. The van der Waals surface area contributed by atoms with Gasteiger partial charge in [-0.1, -0.05) is 6.07 Å². The van der Waals surface area contributed by atoms with E-state index >= 15 is 0 Å². The number of carbonyl (C=O) groups is 1. The first kappa shape index (κ1) is 15.9. The molecule has 2 aromatic heterocycles. The first-order chi connectivity index (χ1) is 11.2. The van der Waals surface area contributed by atoms with E-state index in [0.29, 0.717) is 29.9 Å². The van der Waals surface area contributed by atoms with Gasteiger partial charge in [-0.3, -0.25) is 0 Å². The first-order valence-corrected chi connectivity index (χ1v) is 8.93. The number of aromatic nitrogens is 2. The number of hydrogen-bond donors (Lipinski definition) is 0. The van der Waals surface area contributed by atoms with Gasteiger partial charge in [0.1, 0.15) is 11.4 Å². The molecule has 1 atom stereocenters. The zero-order chi connectivity index (χ0) is 16.2. The Hall–Kier alpha value is -1.95. The van der Waals surface area contributed by atoms with Gasteiger partial charge in [-0.05, 0) is 44.6 Å². The van der Waals surface area contributed by atoms with Crippen molar-refractivity contribution in [2.45, 2.75) is 39.2 Å². The van der Waals surface area contributed by atoms with Crippen molar-refractivity contribution in [2.24, 2.45) is 0 Å². The van der Waals surface area contributed by atoms with E-state index in [9.17, 15) is 4.79 Å². The van der Waals surface area contributed by atoms with E-state index < -0.39 is 0 Å². The number of esters is 1. The van der Waals surface area contributed by atoms with Crippen LogP contribution >= 0.6 is 11.3 Å². The quantitative estimate of drug-likeness (QED) is 0.799. The highest BCUT2D eigenvalue weighted by atomic mass is 32.1. The minimum atomic E-state index is -0.349. The molecule has 1 unspecified atom stereocenters. The SMILES string of the molecule is CCOC(=O)c1cnc(-c2cccs2)nc1N1CCCCC1C. The van der Waals surface area contributed by atoms with E-state index in [1.165, 1.54) is 6.42 Å². The van der Waals surface area contributed by atoms with Gasteiger partial charge >= 0.3 is 5.97 Å². The van der Waals surface area contributed by atoms with Crippen LogP contribution in [0.15, 0.2) is 23.7 Å². The highest BCUT2D eigenvalue weighted by Gasteiger charge is 2.26. The number of thiophene rings is 1. The van der Waals surface area contributed by atoms with Crippen LogP contribution in [-0.4, -0.2) is 35.1 Å². The molecule has 1 aliphatic rings. The van der Waals surface area contributed by atoms with Crippen LogP contribution in [-0.2, 0) is 4.74 Å². The third kappa shape index (κ3) is 3.37. The lowest BCUT2D eigenvalue weighted by atomic mass is 10.0. The van der Waals surface area contributed by atoms with E-state index in [0.717, 1.165) is 24.3 Å². The predicted octanol–water partition coefficient (Wildman–Crippen LogP) is 3.76. The van der Waals surface area contributed by atoms with Crippen LogP contribution in [0.4, 0.5) is 5.82 Å². The van der Waals surface area contributed by atoms with Gasteiger partial charge in [-0.2, -0.15) is 0 Å². The van der Waals surface area contributed by atoms with Crippen LogP contribution in [0, 0.1) is 0 Å². The highest BCUT2D eigenvalue weighted by Crippen LogP contribution is 2.29. The van der Waals surface area contributed by atoms with Crippen LogP contribution in [0.2, 0.25) is 0 Å². The summed E-state index contributed by atoms with van der Waals surface area (Å²) in [5.74, 6) is 1.02. The van der Waals surface area contributed by atoms with E-state index in [2.05, 4.69) is 16.8 Å². The molecule has 0 radical (unpaired) electrons. The fourth-order valence-corrected chi connectivity index (χ4v) is 3.55. The fourth-order valence-electron chi connectivity index (χ4n) is 2.88. The average molecular weight is 331 g/mol. The summed E-state index contributed by atoms with van der Waals surface area (Å²) in [7, 11) is 0. The predicted molar refractivity (Wildman–Crippen MR) is 92.0 cm³/mol. The van der Waals surface area contributed by atoms with Crippen LogP contribution in [0.1, 0.15) is 43.5 Å². The second-order valence-corrected chi connectivity index (χ2v) is 6.61. The Labute approximate surface area is 140 Å². The number of ether oxygens (including phenoxy) is 1. The van der Waals surface area contributed by atoms with Gasteiger partial charge in [0.2, 0.25) is 0 Å². The van der Waals surface area contributed by atoms with Gasteiger partial charge < -0.3 is 9.64 Å². The summed E-state index contributed by atoms with van der Waals surface area (Å²) in [5.41, 5.74) is 0.459. The minimum Gasteiger partial charge on any atom is -0.462 e. The molecule has 0 saturated carbocycles. The third-order valence-corrected chi connectivity index (χ3v) is 4.95. The van der Waals surface area contributed by atoms with Crippen molar-refractivity contribution in [2.75, 3.05) is 18.1 Å². The Morgan fingerprint density at radius 1 is 1.48 bits per heavy atom. The number of nitrogens with zero attached hydrogens (tertiary/aromatic N) is 3. The molecule has 2 aromatic rings. The number of anilines is 1. The monoisotopic (exact) mass is 331 g/mol. The zero-order valence-electron chi connectivity index (χ0n) is 13.5. The third-order valence-electron chi connectivity index (χ3n) is 4.08. The standard InChI is InChI=1S/C17H21N3O2S/c1-3-22-17(21)13-11-18-15(14-8-6-10-23-14)19-16(13)20-9-5-4-7-12(20)2/h6,8,10-12H,3-5,7,9H2,1-2H3. The highest BCUT2D eigenvalue weighted by molar-refractivity contribution is 7.13. The number of carbonyl (C=O) groups excluding carboxylic acids is 1. The van der Waals surface area contributed by atoms with Crippen molar-refractivity contribution in [3.8, 4) is 10.7 Å². The number of hydrogen-bond acceptors (Lipinski definition) is 6. The summed E-state index contributed by atoms with van der Waals surface area (Å²) in [6, 6.07) is 4.34. The summed E-state index contributed by atoms with van der Waals surface area (Å²) in [6.07, 6.45) is 5.05. The van der Waals surface area contributed by atoms with Crippen molar-refractivity contribution >= 4 is 23.1 Å². The van der Waals surface area contributed by atoms with E-state index in [1.54, 1.807) is 17.5 Å². The summed E-state index contributed by atoms with van der Waals surface area (Å²) in [5, 5.41) is 2.00. The van der Waals surface area contributed by atoms with Gasteiger partial charge in [0, 0.05) is 18.8 Å². The molecule has 3 rings (SSSR count). The van der Waals surface area contributed by atoms with E-state index in [-0.39, 0.29) is 5.97 Å². The van der Waals surface area contributed by atoms with E-state index in [1.807, 2.05) is 24.4 Å². The smallest absolute Gasteiger partial charge is 0.343 e. The maximum Gasteiger partial charge on any atom is 0.343 e. The molecule has 23 heavy (non-hydrogen) atoms. The zero-order valence-corrected chi connectivity index (χ0v) is 14.3. The molecule has 0 bridgehead atoms. The van der Waals surface area contributed by atoms with E-state index in [4.69, 9.17) is 9.72 Å². The molecule has 6 heteroatoms. The number of rotatable bonds is 4. The topological polar surface area (TPSA) is 55.3 Å². The Morgan fingerprint density at radius 2 is 2.35 bits per heavy atom. The molecular weight excluding hydrogens is 310 g/mol. The summed E-state index contributed by atoms with van der Waals surface area (Å²) in [6.45, 7) is 5.25. The molecule has 5 nitrogen and oxygen atoms in total. The minimum absolute atomic E-state index is 0.348. The van der Waals surface area contributed by atoms with Crippen LogP contribution in [0.3, 0.4) is 0 Å². The molecule has 1 fully saturated rings. The fraction of sp³-hybridized carbons (Fsp3) is 0.471. The summed E-state index contributed by atoms with van der Waals surface area (Å²) < 4.78 is 5.18. The van der Waals surface area contributed by atoms with Crippen molar-refractivity contribution in [1.29, 1.82) is 0 Å². The second-order valence-electron chi connectivity index (χ2n) is 5.67. The Bertz CT molecular complexity index is 672. The second kappa shape index (κ2) is 7.08. The molecular formula is C17H21N3O2S. The summed E-state index contributed by atoms with van der Waals surface area (Å²) >= 11 is 1.60. The van der Waals surface area contributed by atoms with Crippen LogP contribution in [0.25, 0.3) is 10.7 Å². The lowest BCUT2D eigenvalue weighted by Crippen LogP contribution is -2.39. The lowest BCUT2D eigenvalue weighted by molar-refractivity contribution is 0.0526. The Kier molecular flexibility index (Phi) is 4.91. The molecule has 1 aliphatic heterocycles. The number of piperidine rings is 1. The Morgan fingerprint density at radius 3 is 3.04 bits per heavy atom. The lowest BCUT2D eigenvalue weighted by Gasteiger charge is -2.35. The first-order valence-electron chi connectivity index (χ1n) is 8.05. The molecule has 3 heterocycles. The average Bonchev–Trinajstić information content (AvgIpc) is 3.09. The van der Waals surface area contributed by atoms with Gasteiger partial charge in [0.25, 0.3) is 0 Å². The molecule has 1 saturated heterocycles. The van der Waals surface area contributed by atoms with Crippen molar-refractivity contribution in [3.05, 3.63) is 29.3 Å². The maximum atomic E-state index is 12.3. The molecule has 0 spiro atoms. The van der Waals surface area contributed by atoms with Gasteiger partial charge in [-0.25, -0.2) is 14.8 Å². The molecule has 0 aromatic carbocycles. The summed E-state index contributed by atoms with van der Waals surface area (Å²) in [4.78, 5) is 24.6.